The molecule has 0 heterocycles. The van der Waals surface area contributed by atoms with E-state index in [0.717, 1.165) is 5.69 Å². The average molecular weight is 282 g/mol. The monoisotopic (exact) mass is 282 g/mol. The molecular weight excluding hydrogens is 264 g/mol. The van der Waals surface area contributed by atoms with Crippen molar-refractivity contribution >= 4 is 29.3 Å². The Morgan fingerprint density at radius 3 is 2.58 bits per heavy atom. The van der Waals surface area contributed by atoms with Crippen molar-refractivity contribution in [2.24, 2.45) is 5.73 Å². The van der Waals surface area contributed by atoms with E-state index in [1.807, 2.05) is 30.3 Å². The van der Waals surface area contributed by atoms with Crippen LogP contribution in [-0.4, -0.2) is 43.6 Å². The summed E-state index contributed by atoms with van der Waals surface area (Å²) in [7, 11) is 3.01. The number of amides is 1. The number of para-hydroxylation sites is 1. The first-order valence-corrected chi connectivity index (χ1v) is 6.94. The molecule has 1 atom stereocenters. The van der Waals surface area contributed by atoms with Gasteiger partial charge in [-0.3, -0.25) is 9.59 Å². The Kier molecular flexibility index (Phi) is 6.38. The molecule has 1 amide bonds. The zero-order chi connectivity index (χ0) is 14.3. The lowest BCUT2D eigenvalue weighted by molar-refractivity contribution is -0.141. The Morgan fingerprint density at radius 2 is 2.00 bits per heavy atom. The number of rotatable bonds is 6. The van der Waals surface area contributed by atoms with E-state index in [1.54, 1.807) is 11.9 Å². The fraction of sp³-hybridized carbons (Fsp3) is 0.385. The molecule has 0 bridgehead atoms. The van der Waals surface area contributed by atoms with E-state index >= 15 is 0 Å². The number of anilines is 1. The van der Waals surface area contributed by atoms with E-state index in [9.17, 15) is 9.59 Å². The zero-order valence-corrected chi connectivity index (χ0v) is 11.9. The number of carbonyl (C=O) groups is 2. The Morgan fingerprint density at radius 1 is 1.37 bits per heavy atom. The maximum atomic E-state index is 11.9. The van der Waals surface area contributed by atoms with Crippen LogP contribution in [0.5, 0.6) is 0 Å². The Labute approximate surface area is 117 Å². The van der Waals surface area contributed by atoms with Crippen molar-refractivity contribution < 1.29 is 14.3 Å². The van der Waals surface area contributed by atoms with Crippen LogP contribution in [0.25, 0.3) is 0 Å². The second-order valence-electron chi connectivity index (χ2n) is 3.93. The summed E-state index contributed by atoms with van der Waals surface area (Å²) >= 11 is 1.32. The predicted octanol–water partition coefficient (Wildman–Crippen LogP) is 0.883. The van der Waals surface area contributed by atoms with Crippen molar-refractivity contribution in [2.45, 2.75) is 6.04 Å². The summed E-state index contributed by atoms with van der Waals surface area (Å²) in [5.74, 6) is 0.140. The van der Waals surface area contributed by atoms with Gasteiger partial charge in [-0.1, -0.05) is 18.2 Å². The summed E-state index contributed by atoms with van der Waals surface area (Å²) in [6, 6.07) is 8.68. The minimum Gasteiger partial charge on any atom is -0.468 e. The highest BCUT2D eigenvalue weighted by atomic mass is 32.2. The van der Waals surface area contributed by atoms with E-state index in [1.165, 1.54) is 18.9 Å². The molecule has 1 rings (SSSR count). The highest BCUT2D eigenvalue weighted by Crippen LogP contribution is 2.13. The molecule has 1 unspecified atom stereocenters. The first kappa shape index (κ1) is 15.5. The van der Waals surface area contributed by atoms with Gasteiger partial charge < -0.3 is 15.4 Å². The summed E-state index contributed by atoms with van der Waals surface area (Å²) in [6.45, 7) is 0. The third-order valence-electron chi connectivity index (χ3n) is 2.54. The van der Waals surface area contributed by atoms with Gasteiger partial charge in [0, 0.05) is 18.5 Å². The van der Waals surface area contributed by atoms with Crippen molar-refractivity contribution in [3.05, 3.63) is 30.3 Å². The molecule has 6 heteroatoms. The van der Waals surface area contributed by atoms with Crippen LogP contribution in [-0.2, 0) is 14.3 Å². The molecule has 5 nitrogen and oxygen atoms in total. The van der Waals surface area contributed by atoms with Crippen molar-refractivity contribution in [2.75, 3.05) is 30.6 Å². The van der Waals surface area contributed by atoms with Crippen LogP contribution in [0.1, 0.15) is 0 Å². The van der Waals surface area contributed by atoms with E-state index in [4.69, 9.17) is 5.73 Å². The van der Waals surface area contributed by atoms with Gasteiger partial charge in [0.15, 0.2) is 0 Å². The number of benzene rings is 1. The van der Waals surface area contributed by atoms with Crippen molar-refractivity contribution in [1.82, 2.24) is 0 Å². The highest BCUT2D eigenvalue weighted by molar-refractivity contribution is 8.00. The molecule has 104 valence electrons. The number of hydrogen-bond acceptors (Lipinski definition) is 5. The minimum atomic E-state index is -0.690. The van der Waals surface area contributed by atoms with Crippen LogP contribution < -0.4 is 10.6 Å². The SMILES string of the molecule is COC(=O)C(N)CSCC(=O)N(C)c1ccccc1. The molecule has 0 saturated heterocycles. The summed E-state index contributed by atoms with van der Waals surface area (Å²) in [4.78, 5) is 24.6. The fourth-order valence-corrected chi connectivity index (χ4v) is 2.26. The standard InChI is InChI=1S/C13H18N2O3S/c1-15(10-6-4-3-5-7-10)12(16)9-19-8-11(14)13(17)18-2/h3-7,11H,8-9,14H2,1-2H3. The third-order valence-corrected chi connectivity index (χ3v) is 3.59. The molecule has 0 aromatic heterocycles. The summed E-state index contributed by atoms with van der Waals surface area (Å²) in [6.07, 6.45) is 0. The normalized spacial score (nSPS) is 11.7. The Balaban J connectivity index is 2.38. The first-order chi connectivity index (χ1) is 9.06. The van der Waals surface area contributed by atoms with Crippen LogP contribution >= 0.6 is 11.8 Å². The topological polar surface area (TPSA) is 72.6 Å². The quantitative estimate of drug-likeness (QED) is 0.784. The van der Waals surface area contributed by atoms with Crippen LogP contribution in [0.3, 0.4) is 0 Å². The summed E-state index contributed by atoms with van der Waals surface area (Å²) < 4.78 is 4.51. The lowest BCUT2D eigenvalue weighted by atomic mass is 10.3. The Bertz CT molecular complexity index is 425. The molecule has 0 radical (unpaired) electrons. The average Bonchev–Trinajstić information content (AvgIpc) is 2.46. The van der Waals surface area contributed by atoms with E-state index in [0.29, 0.717) is 5.75 Å². The lowest BCUT2D eigenvalue weighted by Gasteiger charge is -2.17. The van der Waals surface area contributed by atoms with Crippen molar-refractivity contribution in [3.8, 4) is 0 Å². The maximum absolute atomic E-state index is 11.9. The molecule has 0 fully saturated rings. The Hall–Kier alpha value is -1.53. The van der Waals surface area contributed by atoms with Crippen LogP contribution in [0.2, 0.25) is 0 Å². The highest BCUT2D eigenvalue weighted by Gasteiger charge is 2.16. The number of esters is 1. The van der Waals surface area contributed by atoms with E-state index in [-0.39, 0.29) is 11.7 Å². The first-order valence-electron chi connectivity index (χ1n) is 5.79. The number of ether oxygens (including phenoxy) is 1. The number of hydrogen-bond donors (Lipinski definition) is 1. The molecular formula is C13H18N2O3S. The third kappa shape index (κ3) is 4.92. The minimum absolute atomic E-state index is 0.0340. The molecule has 0 aliphatic heterocycles. The molecule has 1 aromatic rings. The molecule has 0 saturated carbocycles. The summed E-state index contributed by atoms with van der Waals surface area (Å²) in [5, 5.41) is 0. The molecule has 0 spiro atoms. The number of methoxy groups -OCH3 is 1. The number of carbonyl (C=O) groups excluding carboxylic acids is 2. The predicted molar refractivity (Wildman–Crippen MR) is 77.2 cm³/mol. The van der Waals surface area contributed by atoms with Gasteiger partial charge in [-0.05, 0) is 12.1 Å². The molecule has 1 aromatic carbocycles. The van der Waals surface area contributed by atoms with Crippen LogP contribution in [0.4, 0.5) is 5.69 Å². The second kappa shape index (κ2) is 7.81. The zero-order valence-electron chi connectivity index (χ0n) is 11.0. The molecule has 0 aliphatic carbocycles. The van der Waals surface area contributed by atoms with Crippen LogP contribution in [0.15, 0.2) is 30.3 Å². The second-order valence-corrected chi connectivity index (χ2v) is 4.96. The number of nitrogens with zero attached hydrogens (tertiary/aromatic N) is 1. The molecule has 0 aliphatic rings. The number of thioether (sulfide) groups is 1. The van der Waals surface area contributed by atoms with Gasteiger partial charge in [0.2, 0.25) is 5.91 Å². The molecule has 19 heavy (non-hydrogen) atoms. The van der Waals surface area contributed by atoms with Gasteiger partial charge in [-0.2, -0.15) is 0 Å². The van der Waals surface area contributed by atoms with E-state index in [2.05, 4.69) is 4.74 Å². The van der Waals surface area contributed by atoms with E-state index < -0.39 is 12.0 Å². The maximum Gasteiger partial charge on any atom is 0.323 e. The smallest absolute Gasteiger partial charge is 0.323 e. The van der Waals surface area contributed by atoms with Crippen molar-refractivity contribution in [1.29, 1.82) is 0 Å². The van der Waals surface area contributed by atoms with Crippen LogP contribution in [0, 0.1) is 0 Å². The lowest BCUT2D eigenvalue weighted by Crippen LogP contribution is -2.35. The fourth-order valence-electron chi connectivity index (χ4n) is 1.39. The van der Waals surface area contributed by atoms with Gasteiger partial charge in [0.1, 0.15) is 6.04 Å². The molecule has 2 N–H and O–H groups in total. The largest absolute Gasteiger partial charge is 0.468 e. The van der Waals surface area contributed by atoms with Gasteiger partial charge in [-0.25, -0.2) is 0 Å². The van der Waals surface area contributed by atoms with Gasteiger partial charge in [-0.15, -0.1) is 11.8 Å². The summed E-state index contributed by atoms with van der Waals surface area (Å²) in [5.41, 5.74) is 6.42. The van der Waals surface area contributed by atoms with Gasteiger partial charge >= 0.3 is 5.97 Å². The van der Waals surface area contributed by atoms with Crippen molar-refractivity contribution in [3.63, 3.8) is 0 Å². The van der Waals surface area contributed by atoms with Gasteiger partial charge in [0.05, 0.1) is 12.9 Å². The number of nitrogens with two attached hydrogens (primary N) is 1. The van der Waals surface area contributed by atoms with Gasteiger partial charge in [0.25, 0.3) is 0 Å².